The van der Waals surface area contributed by atoms with Crippen LogP contribution in [-0.2, 0) is 9.47 Å². The molecular weight excluding hydrogens is 320 g/mol. The van der Waals surface area contributed by atoms with E-state index in [2.05, 4.69) is 13.8 Å². The second-order valence-electron chi connectivity index (χ2n) is 8.52. The molecule has 0 spiro atoms. The molecular formula is C24H48O2. The van der Waals surface area contributed by atoms with E-state index in [9.17, 15) is 0 Å². The van der Waals surface area contributed by atoms with E-state index < -0.39 is 0 Å². The van der Waals surface area contributed by atoms with Crippen LogP contribution in [0.3, 0.4) is 0 Å². The van der Waals surface area contributed by atoms with Crippen LogP contribution in [0.2, 0.25) is 0 Å². The van der Waals surface area contributed by atoms with Gasteiger partial charge in [-0.05, 0) is 26.2 Å². The molecule has 0 aliphatic carbocycles. The SMILES string of the molecule is CCCCCCCCCCCCCCCCCCOC[C@@H]1CC[C@@H](C)O1. The normalized spacial score (nSPS) is 20.1. The number of unbranched alkanes of at least 4 members (excludes halogenated alkanes) is 15. The maximum atomic E-state index is 5.77. The molecule has 156 valence electrons. The van der Waals surface area contributed by atoms with E-state index in [4.69, 9.17) is 9.47 Å². The van der Waals surface area contributed by atoms with E-state index in [-0.39, 0.29) is 0 Å². The summed E-state index contributed by atoms with van der Waals surface area (Å²) in [6.45, 7) is 6.19. The average molecular weight is 369 g/mol. The molecule has 1 rings (SSSR count). The fourth-order valence-electron chi connectivity index (χ4n) is 3.97. The monoisotopic (exact) mass is 368 g/mol. The summed E-state index contributed by atoms with van der Waals surface area (Å²) in [5.74, 6) is 0. The Morgan fingerprint density at radius 1 is 0.654 bits per heavy atom. The Bertz CT molecular complexity index is 279. The van der Waals surface area contributed by atoms with Crippen molar-refractivity contribution in [2.24, 2.45) is 0 Å². The van der Waals surface area contributed by atoms with Crippen LogP contribution in [0.15, 0.2) is 0 Å². The third-order valence-electron chi connectivity index (χ3n) is 5.77. The van der Waals surface area contributed by atoms with Gasteiger partial charge in [-0.15, -0.1) is 0 Å². The van der Waals surface area contributed by atoms with E-state index in [0.717, 1.165) is 13.2 Å². The van der Waals surface area contributed by atoms with Crippen molar-refractivity contribution in [2.45, 2.75) is 142 Å². The fourth-order valence-corrected chi connectivity index (χ4v) is 3.97. The predicted molar refractivity (Wildman–Crippen MR) is 114 cm³/mol. The van der Waals surface area contributed by atoms with Gasteiger partial charge in [0.05, 0.1) is 18.8 Å². The number of rotatable bonds is 19. The quantitative estimate of drug-likeness (QED) is 0.216. The molecule has 0 aromatic carbocycles. The lowest BCUT2D eigenvalue weighted by Crippen LogP contribution is -2.16. The van der Waals surface area contributed by atoms with Gasteiger partial charge in [0.15, 0.2) is 0 Å². The van der Waals surface area contributed by atoms with Crippen molar-refractivity contribution in [3.05, 3.63) is 0 Å². The van der Waals surface area contributed by atoms with Gasteiger partial charge in [0.2, 0.25) is 0 Å². The second kappa shape index (κ2) is 18.3. The zero-order valence-corrected chi connectivity index (χ0v) is 18.1. The van der Waals surface area contributed by atoms with Crippen LogP contribution >= 0.6 is 0 Å². The van der Waals surface area contributed by atoms with Crippen molar-refractivity contribution in [1.82, 2.24) is 0 Å². The topological polar surface area (TPSA) is 18.5 Å². The Balaban J connectivity index is 1.65. The third kappa shape index (κ3) is 15.0. The highest BCUT2D eigenvalue weighted by atomic mass is 16.5. The van der Waals surface area contributed by atoms with Crippen LogP contribution in [0.4, 0.5) is 0 Å². The van der Waals surface area contributed by atoms with Crippen molar-refractivity contribution in [1.29, 1.82) is 0 Å². The Labute approximate surface area is 164 Å². The first-order chi connectivity index (χ1) is 12.8. The van der Waals surface area contributed by atoms with Gasteiger partial charge >= 0.3 is 0 Å². The molecule has 1 aliphatic heterocycles. The summed E-state index contributed by atoms with van der Waals surface area (Å²) >= 11 is 0. The van der Waals surface area contributed by atoms with E-state index >= 15 is 0 Å². The van der Waals surface area contributed by atoms with Gasteiger partial charge in [-0.3, -0.25) is 0 Å². The molecule has 2 nitrogen and oxygen atoms in total. The number of hydrogen-bond donors (Lipinski definition) is 0. The summed E-state index contributed by atoms with van der Waals surface area (Å²) in [6, 6.07) is 0. The summed E-state index contributed by atoms with van der Waals surface area (Å²) < 4.78 is 11.5. The standard InChI is InChI=1S/C24H48O2/c1-3-4-5-6-7-8-9-10-11-12-13-14-15-16-17-18-21-25-22-24-20-19-23(2)26-24/h23-24H,3-22H2,1-2H3/t23-,24+/m1/s1. The maximum Gasteiger partial charge on any atom is 0.0813 e. The van der Waals surface area contributed by atoms with E-state index in [1.807, 2.05) is 0 Å². The number of hydrogen-bond acceptors (Lipinski definition) is 2. The van der Waals surface area contributed by atoms with Crippen molar-refractivity contribution in [2.75, 3.05) is 13.2 Å². The zero-order valence-electron chi connectivity index (χ0n) is 18.1. The highest BCUT2D eigenvalue weighted by Gasteiger charge is 2.21. The van der Waals surface area contributed by atoms with Crippen molar-refractivity contribution < 1.29 is 9.47 Å². The van der Waals surface area contributed by atoms with Crippen LogP contribution in [-0.4, -0.2) is 25.4 Å². The lowest BCUT2D eigenvalue weighted by Gasteiger charge is -2.11. The summed E-state index contributed by atoms with van der Waals surface area (Å²) in [4.78, 5) is 0. The smallest absolute Gasteiger partial charge is 0.0813 e. The summed E-state index contributed by atoms with van der Waals surface area (Å²) in [7, 11) is 0. The molecule has 0 aromatic rings. The maximum absolute atomic E-state index is 5.77. The average Bonchev–Trinajstić information content (AvgIpc) is 3.06. The Morgan fingerprint density at radius 2 is 1.12 bits per heavy atom. The van der Waals surface area contributed by atoms with E-state index in [1.165, 1.54) is 116 Å². The Morgan fingerprint density at radius 3 is 1.54 bits per heavy atom. The molecule has 0 radical (unpaired) electrons. The van der Waals surface area contributed by atoms with Crippen molar-refractivity contribution in [3.8, 4) is 0 Å². The Kier molecular flexibility index (Phi) is 16.9. The highest BCUT2D eigenvalue weighted by molar-refractivity contribution is 4.69. The zero-order chi connectivity index (χ0) is 18.7. The molecule has 1 fully saturated rings. The van der Waals surface area contributed by atoms with Gasteiger partial charge in [0.1, 0.15) is 0 Å². The molecule has 1 heterocycles. The molecule has 0 bridgehead atoms. The highest BCUT2D eigenvalue weighted by Crippen LogP contribution is 2.19. The van der Waals surface area contributed by atoms with Crippen LogP contribution < -0.4 is 0 Å². The summed E-state index contributed by atoms with van der Waals surface area (Å²) in [5.41, 5.74) is 0. The van der Waals surface area contributed by atoms with Gasteiger partial charge < -0.3 is 9.47 Å². The number of ether oxygens (including phenoxy) is 2. The summed E-state index contributed by atoms with van der Waals surface area (Å²) in [5, 5.41) is 0. The lowest BCUT2D eigenvalue weighted by atomic mass is 10.0. The molecule has 0 unspecified atom stereocenters. The van der Waals surface area contributed by atoms with Crippen molar-refractivity contribution in [3.63, 3.8) is 0 Å². The van der Waals surface area contributed by atoms with Gasteiger partial charge in [-0.25, -0.2) is 0 Å². The van der Waals surface area contributed by atoms with Gasteiger partial charge in [0.25, 0.3) is 0 Å². The van der Waals surface area contributed by atoms with E-state index in [0.29, 0.717) is 12.2 Å². The minimum Gasteiger partial charge on any atom is -0.379 e. The predicted octanol–water partition coefficient (Wildman–Crippen LogP) is 7.83. The molecule has 2 heteroatoms. The van der Waals surface area contributed by atoms with Crippen LogP contribution in [0.5, 0.6) is 0 Å². The summed E-state index contributed by atoms with van der Waals surface area (Å²) in [6.07, 6.45) is 25.9. The second-order valence-corrected chi connectivity index (χ2v) is 8.52. The lowest BCUT2D eigenvalue weighted by molar-refractivity contribution is -0.00989. The molecule has 1 saturated heterocycles. The first-order valence-corrected chi connectivity index (χ1v) is 12.1. The minimum atomic E-state index is 0.367. The van der Waals surface area contributed by atoms with Crippen LogP contribution in [0, 0.1) is 0 Å². The molecule has 26 heavy (non-hydrogen) atoms. The first kappa shape index (κ1) is 24.0. The van der Waals surface area contributed by atoms with Gasteiger partial charge in [-0.2, -0.15) is 0 Å². The molecule has 0 amide bonds. The molecule has 0 saturated carbocycles. The van der Waals surface area contributed by atoms with Crippen LogP contribution in [0.25, 0.3) is 0 Å². The van der Waals surface area contributed by atoms with Gasteiger partial charge in [-0.1, -0.05) is 103 Å². The van der Waals surface area contributed by atoms with Crippen molar-refractivity contribution >= 4 is 0 Å². The molecule has 2 atom stereocenters. The minimum absolute atomic E-state index is 0.367. The fraction of sp³-hybridized carbons (Fsp3) is 1.00. The van der Waals surface area contributed by atoms with Crippen LogP contribution in [0.1, 0.15) is 129 Å². The van der Waals surface area contributed by atoms with E-state index in [1.54, 1.807) is 0 Å². The third-order valence-corrected chi connectivity index (χ3v) is 5.77. The molecule has 1 aliphatic rings. The first-order valence-electron chi connectivity index (χ1n) is 12.1. The Hall–Kier alpha value is -0.0800. The van der Waals surface area contributed by atoms with Gasteiger partial charge in [0, 0.05) is 6.61 Å². The molecule has 0 aromatic heterocycles. The molecule has 0 N–H and O–H groups in total. The largest absolute Gasteiger partial charge is 0.379 e.